The smallest absolute Gasteiger partial charge is 0.246 e. The minimum atomic E-state index is -1.04. The van der Waals surface area contributed by atoms with Crippen LogP contribution in [0.2, 0.25) is 0 Å². The van der Waals surface area contributed by atoms with Gasteiger partial charge >= 0.3 is 0 Å². The number of hydrogen-bond acceptors (Lipinski definition) is 7. The molecule has 0 saturated heterocycles. The predicted molar refractivity (Wildman–Crippen MR) is 129 cm³/mol. The van der Waals surface area contributed by atoms with Crippen molar-refractivity contribution in [3.63, 3.8) is 0 Å². The van der Waals surface area contributed by atoms with Crippen molar-refractivity contribution >= 4 is 10.8 Å². The van der Waals surface area contributed by atoms with Gasteiger partial charge in [-0.05, 0) is 47.9 Å². The number of hydrogen-bond donors (Lipinski definition) is 0. The maximum Gasteiger partial charge on any atom is 0.246 e. The van der Waals surface area contributed by atoms with Gasteiger partial charge in [-0.3, -0.25) is 9.19 Å². The molecule has 36 heavy (non-hydrogen) atoms. The highest BCUT2D eigenvalue weighted by Crippen LogP contribution is 2.69. The molecule has 2 aliphatic carbocycles. The van der Waals surface area contributed by atoms with Gasteiger partial charge in [0, 0.05) is 23.3 Å². The summed E-state index contributed by atoms with van der Waals surface area (Å²) in [6, 6.07) is 5.55. The first-order valence-corrected chi connectivity index (χ1v) is 13.3. The van der Waals surface area contributed by atoms with Crippen molar-refractivity contribution in [2.75, 3.05) is 6.26 Å². The first-order chi connectivity index (χ1) is 17.2. The zero-order chi connectivity index (χ0) is 25.2. The quantitative estimate of drug-likeness (QED) is 0.377. The van der Waals surface area contributed by atoms with Crippen LogP contribution in [0.3, 0.4) is 0 Å². The Balaban J connectivity index is 1.46. The van der Waals surface area contributed by atoms with Gasteiger partial charge in [0.15, 0.2) is 0 Å². The molecule has 1 fully saturated rings. The summed E-state index contributed by atoms with van der Waals surface area (Å²) >= 11 is 0. The average Bonchev–Trinajstić information content (AvgIpc) is 3.46. The van der Waals surface area contributed by atoms with Crippen molar-refractivity contribution in [2.45, 2.75) is 43.8 Å². The van der Waals surface area contributed by atoms with Crippen LogP contribution in [0, 0.1) is 17.0 Å². The fraction of sp³-hybridized carbons (Fsp3) is 0.346. The van der Waals surface area contributed by atoms with E-state index in [2.05, 4.69) is 34.0 Å². The lowest BCUT2D eigenvalue weighted by atomic mass is 9.66. The largest absolute Gasteiger partial charge is 0.443 e. The van der Waals surface area contributed by atoms with Gasteiger partial charge in [0.25, 0.3) is 0 Å². The van der Waals surface area contributed by atoms with Crippen LogP contribution in [0.1, 0.15) is 55.3 Å². The molecule has 0 aliphatic heterocycles. The lowest BCUT2D eigenvalue weighted by Gasteiger charge is -2.37. The molecule has 2 aliphatic rings. The maximum atomic E-state index is 14.5. The molecule has 3 aromatic heterocycles. The fourth-order valence-corrected chi connectivity index (χ4v) is 6.68. The van der Waals surface area contributed by atoms with Gasteiger partial charge in [-0.1, -0.05) is 19.9 Å². The first kappa shape index (κ1) is 23.0. The normalized spacial score (nSPS) is 22.5. The van der Waals surface area contributed by atoms with E-state index < -0.39 is 27.8 Å². The Morgan fingerprint density at radius 1 is 1.11 bits per heavy atom. The van der Waals surface area contributed by atoms with Crippen LogP contribution in [-0.2, 0) is 22.0 Å². The third-order valence-corrected chi connectivity index (χ3v) is 8.50. The van der Waals surface area contributed by atoms with Gasteiger partial charge in [-0.2, -0.15) is 5.10 Å². The van der Waals surface area contributed by atoms with E-state index in [0.717, 1.165) is 29.8 Å². The van der Waals surface area contributed by atoms with Crippen molar-refractivity contribution in [1.82, 2.24) is 25.1 Å². The highest BCUT2D eigenvalue weighted by atomic mass is 32.2. The van der Waals surface area contributed by atoms with Crippen molar-refractivity contribution in [3.05, 3.63) is 77.2 Å². The number of oxazole rings is 1. The van der Waals surface area contributed by atoms with E-state index in [-0.39, 0.29) is 22.6 Å². The molecule has 1 unspecified atom stereocenters. The Labute approximate surface area is 208 Å². The van der Waals surface area contributed by atoms with E-state index in [1.54, 1.807) is 24.7 Å². The number of benzene rings is 1. The van der Waals surface area contributed by atoms with Crippen LogP contribution in [0.15, 0.2) is 47.3 Å². The molecular formula is C26H23F2N5O2S. The van der Waals surface area contributed by atoms with E-state index in [9.17, 15) is 13.0 Å². The van der Waals surface area contributed by atoms with Gasteiger partial charge in [-0.15, -0.1) is 5.10 Å². The van der Waals surface area contributed by atoms with Gasteiger partial charge in [0.05, 0.1) is 45.7 Å². The Morgan fingerprint density at radius 2 is 1.89 bits per heavy atom. The van der Waals surface area contributed by atoms with Gasteiger partial charge in [0.1, 0.15) is 23.6 Å². The zero-order valence-corrected chi connectivity index (χ0v) is 20.8. The summed E-state index contributed by atoms with van der Waals surface area (Å²) < 4.78 is 46.1. The molecule has 1 aromatic carbocycles. The summed E-state index contributed by atoms with van der Waals surface area (Å²) in [5.74, 6) is -0.615. The van der Waals surface area contributed by atoms with Crippen molar-refractivity contribution in [2.24, 2.45) is 5.41 Å². The second-order valence-electron chi connectivity index (χ2n) is 10.00. The minimum absolute atomic E-state index is 0.120. The molecule has 6 rings (SSSR count). The molecule has 7 nitrogen and oxygen atoms in total. The number of halogens is 2. The summed E-state index contributed by atoms with van der Waals surface area (Å²) in [5.41, 5.74) is 2.65. The Bertz CT molecular complexity index is 1520. The average molecular weight is 508 g/mol. The molecule has 4 aromatic rings. The van der Waals surface area contributed by atoms with Crippen LogP contribution in [0.25, 0.3) is 22.8 Å². The molecule has 10 heteroatoms. The first-order valence-electron chi connectivity index (χ1n) is 11.6. The van der Waals surface area contributed by atoms with Gasteiger partial charge in [-0.25, -0.2) is 18.7 Å². The summed E-state index contributed by atoms with van der Waals surface area (Å²) in [7, 11) is -1.04. The molecule has 3 heterocycles. The fourth-order valence-electron chi connectivity index (χ4n) is 6.13. The Morgan fingerprint density at radius 3 is 2.64 bits per heavy atom. The van der Waals surface area contributed by atoms with Gasteiger partial charge in [0.2, 0.25) is 5.89 Å². The number of rotatable bonds is 5. The van der Waals surface area contributed by atoms with E-state index in [1.807, 2.05) is 0 Å². The van der Waals surface area contributed by atoms with Crippen LogP contribution in [-0.4, -0.2) is 35.6 Å². The monoisotopic (exact) mass is 507 g/mol. The Hall–Kier alpha value is -3.40. The SMILES string of the molecule is CS(=O)Cc1coc(-c2cncc([C@@]34CC[C@@H](c5cc(-c6c(F)cccc6F)nnc53)C4(C)C)n2)n1. The maximum absolute atomic E-state index is 14.5. The Kier molecular flexibility index (Phi) is 5.15. The number of aromatic nitrogens is 5. The van der Waals surface area contributed by atoms with Crippen molar-refractivity contribution in [3.8, 4) is 22.8 Å². The predicted octanol–water partition coefficient (Wildman–Crippen LogP) is 4.95. The molecule has 1 saturated carbocycles. The summed E-state index contributed by atoms with van der Waals surface area (Å²) in [5, 5.41) is 8.83. The summed E-state index contributed by atoms with van der Waals surface area (Å²) in [4.78, 5) is 13.8. The van der Waals surface area contributed by atoms with Crippen LogP contribution < -0.4 is 0 Å². The third-order valence-electron chi connectivity index (χ3n) is 7.79. The standard InChI is InChI=1S/C26H23F2N5O2S/c1-25(2)16-7-8-26(25,21-11-29-10-20(31-21)24-30-14(12-35-24)13-36(3)34)23-15(16)9-19(32-33-23)22-17(27)5-4-6-18(22)28/h4-6,9-12,16H,7-8,13H2,1-3H3/t16-,26-,36?/m0/s1. The van der Waals surface area contributed by atoms with E-state index in [4.69, 9.17) is 9.40 Å². The zero-order valence-electron chi connectivity index (χ0n) is 20.0. The topological polar surface area (TPSA) is 94.7 Å². The van der Waals surface area contributed by atoms with E-state index >= 15 is 0 Å². The summed E-state index contributed by atoms with van der Waals surface area (Å²) in [6.07, 6.45) is 8.09. The second-order valence-corrected chi connectivity index (χ2v) is 11.4. The van der Waals surface area contributed by atoms with Crippen LogP contribution in [0.4, 0.5) is 8.78 Å². The van der Waals surface area contributed by atoms with Crippen molar-refractivity contribution in [1.29, 1.82) is 0 Å². The minimum Gasteiger partial charge on any atom is -0.443 e. The summed E-state index contributed by atoms with van der Waals surface area (Å²) in [6.45, 7) is 4.34. The molecule has 2 bridgehead atoms. The molecule has 184 valence electrons. The number of fused-ring (bicyclic) bond motifs is 5. The lowest BCUT2D eigenvalue weighted by molar-refractivity contribution is 0.242. The lowest BCUT2D eigenvalue weighted by Crippen LogP contribution is -2.38. The van der Waals surface area contributed by atoms with Crippen molar-refractivity contribution < 1.29 is 17.4 Å². The molecule has 0 amide bonds. The molecule has 0 radical (unpaired) electrons. The molecule has 3 atom stereocenters. The molecular weight excluding hydrogens is 484 g/mol. The van der Waals surface area contributed by atoms with Crippen LogP contribution >= 0.6 is 0 Å². The van der Waals surface area contributed by atoms with Crippen LogP contribution in [0.5, 0.6) is 0 Å². The van der Waals surface area contributed by atoms with E-state index in [0.29, 0.717) is 23.0 Å². The highest BCUT2D eigenvalue weighted by Gasteiger charge is 2.65. The van der Waals surface area contributed by atoms with Gasteiger partial charge < -0.3 is 4.42 Å². The molecule has 0 spiro atoms. The second kappa shape index (κ2) is 8.06. The highest BCUT2D eigenvalue weighted by molar-refractivity contribution is 7.83. The third kappa shape index (κ3) is 3.20. The number of nitrogens with zero attached hydrogens (tertiary/aromatic N) is 5. The van der Waals surface area contributed by atoms with E-state index in [1.165, 1.54) is 24.5 Å². The molecule has 0 N–H and O–H groups in total.